The average molecular weight is 275 g/mol. The molecule has 0 amide bonds. The molecule has 0 atom stereocenters. The first-order chi connectivity index (χ1) is 9.38. The lowest BCUT2D eigenvalue weighted by Crippen LogP contribution is -2.06. The minimum absolute atomic E-state index is 0.114. The lowest BCUT2D eigenvalue weighted by molar-refractivity contribution is 0.420. The van der Waals surface area contributed by atoms with Crippen LogP contribution in [0, 0.1) is 19.7 Å². The normalized spacial score (nSPS) is 10.9. The number of nitrogen functional groups attached to an aromatic ring is 1. The van der Waals surface area contributed by atoms with Crippen molar-refractivity contribution < 1.29 is 9.13 Å². The maximum absolute atomic E-state index is 13.7. The molecule has 0 fully saturated rings. The summed E-state index contributed by atoms with van der Waals surface area (Å²) in [5.74, 6) is 1.05. The maximum atomic E-state index is 13.7. The molecule has 2 aromatic rings. The van der Waals surface area contributed by atoms with Gasteiger partial charge in [0.05, 0.1) is 5.56 Å². The lowest BCUT2D eigenvalue weighted by atomic mass is 10.2. The average Bonchev–Trinajstić information content (AvgIpc) is 2.38. The van der Waals surface area contributed by atoms with E-state index in [2.05, 4.69) is 9.97 Å². The fraction of sp³-hybridized carbons (Fsp3) is 0.333. The van der Waals surface area contributed by atoms with E-state index in [0.29, 0.717) is 23.1 Å². The van der Waals surface area contributed by atoms with Crippen molar-refractivity contribution in [1.82, 2.24) is 9.97 Å². The Balaban J connectivity index is 2.45. The van der Waals surface area contributed by atoms with Gasteiger partial charge in [-0.1, -0.05) is 19.9 Å². The summed E-state index contributed by atoms with van der Waals surface area (Å²) in [6, 6.07) is 4.68. The van der Waals surface area contributed by atoms with E-state index < -0.39 is 5.82 Å². The standard InChI is InChI=1S/C15H18FN3O/c1-8(2)14-18-13(17)10(4)15(19-14)20-12-7-9(3)5-6-11(12)16/h5-8H,1-4H3,(H2,17,18,19). The second-order valence-corrected chi connectivity index (χ2v) is 5.09. The van der Waals surface area contributed by atoms with Crippen LogP contribution in [0.3, 0.4) is 0 Å². The SMILES string of the molecule is Cc1ccc(F)c(Oc2nc(C(C)C)nc(N)c2C)c1. The minimum atomic E-state index is -0.432. The van der Waals surface area contributed by atoms with E-state index in [0.717, 1.165) is 5.56 Å². The molecule has 0 aliphatic carbocycles. The summed E-state index contributed by atoms with van der Waals surface area (Å²) in [7, 11) is 0. The van der Waals surface area contributed by atoms with E-state index in [1.807, 2.05) is 20.8 Å². The molecule has 2 N–H and O–H groups in total. The number of ether oxygens (including phenoxy) is 1. The number of nitrogens with two attached hydrogens (primary N) is 1. The monoisotopic (exact) mass is 275 g/mol. The highest BCUT2D eigenvalue weighted by Crippen LogP contribution is 2.29. The van der Waals surface area contributed by atoms with Gasteiger partial charge in [-0.05, 0) is 31.5 Å². The molecule has 0 aliphatic rings. The summed E-state index contributed by atoms with van der Waals surface area (Å²) in [6.07, 6.45) is 0. The molecule has 0 saturated heterocycles. The molecule has 0 spiro atoms. The Hall–Kier alpha value is -2.17. The third-order valence-electron chi connectivity index (χ3n) is 2.97. The van der Waals surface area contributed by atoms with Crippen molar-refractivity contribution in [1.29, 1.82) is 0 Å². The van der Waals surface area contributed by atoms with Gasteiger partial charge in [0.25, 0.3) is 0 Å². The highest BCUT2D eigenvalue weighted by atomic mass is 19.1. The van der Waals surface area contributed by atoms with Crippen molar-refractivity contribution in [3.8, 4) is 11.6 Å². The predicted molar refractivity (Wildman–Crippen MR) is 76.5 cm³/mol. The van der Waals surface area contributed by atoms with Crippen LogP contribution in [-0.4, -0.2) is 9.97 Å². The van der Waals surface area contributed by atoms with Crippen LogP contribution in [-0.2, 0) is 0 Å². The minimum Gasteiger partial charge on any atom is -0.435 e. The number of anilines is 1. The second kappa shape index (κ2) is 5.45. The zero-order chi connectivity index (χ0) is 14.9. The maximum Gasteiger partial charge on any atom is 0.227 e. The van der Waals surface area contributed by atoms with E-state index in [9.17, 15) is 4.39 Å². The summed E-state index contributed by atoms with van der Waals surface area (Å²) in [4.78, 5) is 8.53. The van der Waals surface area contributed by atoms with Gasteiger partial charge in [0, 0.05) is 5.92 Å². The van der Waals surface area contributed by atoms with Gasteiger partial charge in [-0.25, -0.2) is 9.37 Å². The van der Waals surface area contributed by atoms with Gasteiger partial charge in [-0.15, -0.1) is 0 Å². The van der Waals surface area contributed by atoms with Crippen molar-refractivity contribution >= 4 is 5.82 Å². The molecule has 4 nitrogen and oxygen atoms in total. The number of hydrogen-bond donors (Lipinski definition) is 1. The largest absolute Gasteiger partial charge is 0.435 e. The van der Waals surface area contributed by atoms with Gasteiger partial charge in [0.15, 0.2) is 11.6 Å². The van der Waals surface area contributed by atoms with Crippen LogP contribution in [0.25, 0.3) is 0 Å². The van der Waals surface area contributed by atoms with Gasteiger partial charge in [-0.3, -0.25) is 0 Å². The third-order valence-corrected chi connectivity index (χ3v) is 2.97. The molecule has 106 valence electrons. The van der Waals surface area contributed by atoms with Gasteiger partial charge < -0.3 is 10.5 Å². The summed E-state index contributed by atoms with van der Waals surface area (Å²) in [5, 5.41) is 0. The highest BCUT2D eigenvalue weighted by Gasteiger charge is 2.14. The van der Waals surface area contributed by atoms with Crippen LogP contribution in [0.15, 0.2) is 18.2 Å². The molecular weight excluding hydrogens is 257 g/mol. The second-order valence-electron chi connectivity index (χ2n) is 5.09. The molecule has 1 aromatic heterocycles. The van der Waals surface area contributed by atoms with Crippen LogP contribution in [0.5, 0.6) is 11.6 Å². The van der Waals surface area contributed by atoms with Gasteiger partial charge in [0.2, 0.25) is 5.88 Å². The Kier molecular flexibility index (Phi) is 3.88. The molecule has 1 aromatic carbocycles. The summed E-state index contributed by atoms with van der Waals surface area (Å²) in [5.41, 5.74) is 7.37. The Morgan fingerprint density at radius 2 is 1.90 bits per heavy atom. The number of rotatable bonds is 3. The number of halogens is 1. The van der Waals surface area contributed by atoms with Crippen LogP contribution < -0.4 is 10.5 Å². The van der Waals surface area contributed by atoms with Crippen molar-refractivity contribution in [2.45, 2.75) is 33.6 Å². The quantitative estimate of drug-likeness (QED) is 0.927. The molecule has 2 rings (SSSR count). The fourth-order valence-corrected chi connectivity index (χ4v) is 1.68. The van der Waals surface area contributed by atoms with Crippen LogP contribution in [0.1, 0.15) is 36.7 Å². The molecule has 5 heteroatoms. The molecular formula is C15H18FN3O. The number of benzene rings is 1. The fourth-order valence-electron chi connectivity index (χ4n) is 1.68. The zero-order valence-corrected chi connectivity index (χ0v) is 12.1. The van der Waals surface area contributed by atoms with E-state index in [4.69, 9.17) is 10.5 Å². The smallest absolute Gasteiger partial charge is 0.227 e. The molecule has 0 aliphatic heterocycles. The van der Waals surface area contributed by atoms with Crippen LogP contribution in [0.2, 0.25) is 0 Å². The third kappa shape index (κ3) is 2.87. The van der Waals surface area contributed by atoms with Gasteiger partial charge in [0.1, 0.15) is 11.6 Å². The van der Waals surface area contributed by atoms with Crippen molar-refractivity contribution in [2.75, 3.05) is 5.73 Å². The van der Waals surface area contributed by atoms with E-state index >= 15 is 0 Å². The zero-order valence-electron chi connectivity index (χ0n) is 12.1. The number of hydrogen-bond acceptors (Lipinski definition) is 4. The van der Waals surface area contributed by atoms with Crippen molar-refractivity contribution in [3.05, 3.63) is 41.0 Å². The lowest BCUT2D eigenvalue weighted by Gasteiger charge is -2.13. The summed E-state index contributed by atoms with van der Waals surface area (Å²) in [6.45, 7) is 7.54. The topological polar surface area (TPSA) is 61.0 Å². The summed E-state index contributed by atoms with van der Waals surface area (Å²) < 4.78 is 19.3. The van der Waals surface area contributed by atoms with Crippen molar-refractivity contribution in [3.63, 3.8) is 0 Å². The number of aromatic nitrogens is 2. The van der Waals surface area contributed by atoms with Crippen LogP contribution in [0.4, 0.5) is 10.2 Å². The molecule has 20 heavy (non-hydrogen) atoms. The van der Waals surface area contributed by atoms with E-state index in [-0.39, 0.29) is 11.7 Å². The first kappa shape index (κ1) is 14.2. The molecule has 1 heterocycles. The first-order valence-corrected chi connectivity index (χ1v) is 6.46. The number of nitrogens with zero attached hydrogens (tertiary/aromatic N) is 2. The van der Waals surface area contributed by atoms with Crippen LogP contribution >= 0.6 is 0 Å². The Labute approximate surface area is 117 Å². The van der Waals surface area contributed by atoms with E-state index in [1.54, 1.807) is 19.1 Å². The first-order valence-electron chi connectivity index (χ1n) is 6.46. The molecule has 0 unspecified atom stereocenters. The molecule has 0 saturated carbocycles. The number of aryl methyl sites for hydroxylation is 1. The Morgan fingerprint density at radius 3 is 2.55 bits per heavy atom. The van der Waals surface area contributed by atoms with Crippen molar-refractivity contribution in [2.24, 2.45) is 0 Å². The van der Waals surface area contributed by atoms with E-state index in [1.165, 1.54) is 6.07 Å². The highest BCUT2D eigenvalue weighted by molar-refractivity contribution is 5.46. The summed E-state index contributed by atoms with van der Waals surface area (Å²) >= 11 is 0. The molecule has 0 radical (unpaired) electrons. The van der Waals surface area contributed by atoms with Gasteiger partial charge >= 0.3 is 0 Å². The Bertz CT molecular complexity index is 641. The Morgan fingerprint density at radius 1 is 1.20 bits per heavy atom. The van der Waals surface area contributed by atoms with Gasteiger partial charge in [-0.2, -0.15) is 4.98 Å². The molecule has 0 bridgehead atoms. The predicted octanol–water partition coefficient (Wildman–Crippen LogP) is 3.73.